The summed E-state index contributed by atoms with van der Waals surface area (Å²) < 4.78 is 39.3. The highest BCUT2D eigenvalue weighted by molar-refractivity contribution is 5.12. The van der Waals surface area contributed by atoms with Crippen molar-refractivity contribution in [3.63, 3.8) is 0 Å². The van der Waals surface area contributed by atoms with Crippen molar-refractivity contribution in [2.75, 3.05) is 19.7 Å². The number of nitrogens with one attached hydrogen (secondary N) is 1. The molecular formula is C21H30F3N3O2. The van der Waals surface area contributed by atoms with Crippen molar-refractivity contribution in [2.24, 2.45) is 22.9 Å². The van der Waals surface area contributed by atoms with Crippen molar-refractivity contribution in [3.8, 4) is 0 Å². The normalized spacial score (nSPS) is 34.4. The lowest BCUT2D eigenvalue weighted by atomic mass is 9.87. The molecule has 1 saturated heterocycles. The van der Waals surface area contributed by atoms with E-state index >= 15 is 0 Å². The first kappa shape index (κ1) is 22.2. The van der Waals surface area contributed by atoms with Crippen molar-refractivity contribution in [3.05, 3.63) is 41.4 Å². The van der Waals surface area contributed by atoms with E-state index in [1.807, 2.05) is 23.3 Å². The van der Waals surface area contributed by atoms with E-state index in [4.69, 9.17) is 4.84 Å². The molecule has 1 N–H and O–H groups in total. The molecule has 5 atom stereocenters. The van der Waals surface area contributed by atoms with Crippen molar-refractivity contribution < 1.29 is 18.0 Å². The molecule has 2 aliphatic carbocycles. The number of nitroso groups, excluding NO2 is 1. The van der Waals surface area contributed by atoms with Gasteiger partial charge < -0.3 is 0 Å². The number of allylic oxidation sites excluding steroid dienone is 4. The van der Waals surface area contributed by atoms with Gasteiger partial charge in [-0.3, -0.25) is 10.2 Å². The molecule has 0 bridgehead atoms. The van der Waals surface area contributed by atoms with Gasteiger partial charge in [-0.2, -0.15) is 23.1 Å². The molecule has 0 aromatic rings. The molecule has 0 amide bonds. The Kier molecular flexibility index (Phi) is 8.03. The summed E-state index contributed by atoms with van der Waals surface area (Å²) in [6.45, 7) is 1.46. The van der Waals surface area contributed by atoms with Crippen LogP contribution in [0.4, 0.5) is 13.2 Å². The number of hydrogen-bond donors (Lipinski definition) is 1. The van der Waals surface area contributed by atoms with Crippen molar-refractivity contribution >= 4 is 0 Å². The predicted octanol–water partition coefficient (Wildman–Crippen LogP) is 4.73. The summed E-state index contributed by atoms with van der Waals surface area (Å²) >= 11 is 0. The second-order valence-electron chi connectivity index (χ2n) is 8.14. The lowest BCUT2D eigenvalue weighted by molar-refractivity contribution is -0.214. The number of alkyl halides is 3. The molecule has 0 radical (unpaired) electrons. The first-order valence-corrected chi connectivity index (χ1v) is 10.5. The quantitative estimate of drug-likeness (QED) is 0.523. The summed E-state index contributed by atoms with van der Waals surface area (Å²) in [4.78, 5) is 17.2. The second kappa shape index (κ2) is 10.5. The maximum absolute atomic E-state index is 13.1. The third kappa shape index (κ3) is 6.49. The van der Waals surface area contributed by atoms with Crippen molar-refractivity contribution in [1.29, 1.82) is 0 Å². The Balaban J connectivity index is 1.66. The molecular weight excluding hydrogens is 383 g/mol. The monoisotopic (exact) mass is 413 g/mol. The van der Waals surface area contributed by atoms with Gasteiger partial charge in [-0.25, -0.2) is 0 Å². The number of halogens is 3. The topological polar surface area (TPSA) is 53.9 Å². The van der Waals surface area contributed by atoms with Gasteiger partial charge in [0.2, 0.25) is 0 Å². The molecule has 5 nitrogen and oxygen atoms in total. The van der Waals surface area contributed by atoms with Crippen molar-refractivity contribution in [1.82, 2.24) is 10.4 Å². The van der Waals surface area contributed by atoms with Gasteiger partial charge in [0.25, 0.3) is 0 Å². The van der Waals surface area contributed by atoms with Gasteiger partial charge in [-0.05, 0) is 45.1 Å². The Morgan fingerprint density at radius 3 is 2.72 bits per heavy atom. The molecule has 5 unspecified atom stereocenters. The Morgan fingerprint density at radius 2 is 2.00 bits per heavy atom. The highest BCUT2D eigenvalue weighted by Gasteiger charge is 2.41. The van der Waals surface area contributed by atoms with Crippen LogP contribution >= 0.6 is 0 Å². The first-order chi connectivity index (χ1) is 14.0. The fraction of sp³-hybridized carbons (Fsp3) is 0.714. The minimum atomic E-state index is -4.17. The minimum absolute atomic E-state index is 0.0415. The van der Waals surface area contributed by atoms with Gasteiger partial charge in [-0.15, -0.1) is 0 Å². The maximum Gasteiger partial charge on any atom is 0.392 e. The fourth-order valence-electron chi connectivity index (χ4n) is 4.26. The molecule has 1 aliphatic heterocycles. The fourth-order valence-corrected chi connectivity index (χ4v) is 4.26. The molecule has 0 saturated carbocycles. The third-order valence-electron chi connectivity index (χ3n) is 5.96. The molecule has 3 rings (SSSR count). The van der Waals surface area contributed by atoms with Gasteiger partial charge >= 0.3 is 6.18 Å². The van der Waals surface area contributed by atoms with Crippen LogP contribution in [-0.4, -0.2) is 43.1 Å². The summed E-state index contributed by atoms with van der Waals surface area (Å²) in [7, 11) is 0. The van der Waals surface area contributed by atoms with E-state index in [0.29, 0.717) is 13.0 Å². The maximum atomic E-state index is 13.1. The van der Waals surface area contributed by atoms with Crippen LogP contribution in [0.2, 0.25) is 0 Å². The molecule has 0 spiro atoms. The highest BCUT2D eigenvalue weighted by atomic mass is 19.4. The number of nitrogens with zero attached hydrogens (tertiary/aromatic N) is 2. The summed E-state index contributed by atoms with van der Waals surface area (Å²) in [6.07, 6.45) is 10.6. The van der Waals surface area contributed by atoms with Crippen LogP contribution in [0.25, 0.3) is 0 Å². The number of hydroxylamine groups is 2. The first-order valence-electron chi connectivity index (χ1n) is 10.5. The standard InChI is InChI=1S/C21H30F3N3O2/c22-21(23,24)18-9-4-6-16(14-18)15-29-27-13-11-19(26-28)10-5-12-25-20(27)17-7-2-1-3-8-17/h1-4,6-7,16-20,25H,5,8-15H2. The van der Waals surface area contributed by atoms with Crippen LogP contribution < -0.4 is 5.32 Å². The minimum Gasteiger partial charge on any atom is -0.299 e. The Labute approximate surface area is 170 Å². The van der Waals surface area contributed by atoms with Crippen LogP contribution in [0.15, 0.2) is 41.6 Å². The summed E-state index contributed by atoms with van der Waals surface area (Å²) in [5, 5.41) is 8.59. The van der Waals surface area contributed by atoms with Gasteiger partial charge in [0.1, 0.15) is 0 Å². The average molecular weight is 413 g/mol. The zero-order valence-corrected chi connectivity index (χ0v) is 16.6. The van der Waals surface area contributed by atoms with Crippen LogP contribution in [-0.2, 0) is 4.84 Å². The van der Waals surface area contributed by atoms with E-state index in [-0.39, 0.29) is 43.5 Å². The summed E-state index contributed by atoms with van der Waals surface area (Å²) in [5.74, 6) is -1.38. The van der Waals surface area contributed by atoms with Crippen molar-refractivity contribution in [2.45, 2.75) is 56.9 Å². The van der Waals surface area contributed by atoms with Crippen LogP contribution in [0.1, 0.15) is 38.5 Å². The molecule has 0 aromatic carbocycles. The van der Waals surface area contributed by atoms with E-state index in [2.05, 4.69) is 22.6 Å². The van der Waals surface area contributed by atoms with Gasteiger partial charge in [0.05, 0.1) is 24.7 Å². The average Bonchev–Trinajstić information content (AvgIpc) is 2.82. The molecule has 1 fully saturated rings. The number of hydrogen-bond acceptors (Lipinski definition) is 5. The molecule has 8 heteroatoms. The van der Waals surface area contributed by atoms with Crippen LogP contribution in [0.5, 0.6) is 0 Å². The molecule has 3 aliphatic rings. The van der Waals surface area contributed by atoms with Crippen LogP contribution in [0, 0.1) is 22.7 Å². The third-order valence-corrected chi connectivity index (χ3v) is 5.96. The van der Waals surface area contributed by atoms with E-state index in [9.17, 15) is 18.1 Å². The zero-order chi connectivity index (χ0) is 20.7. The van der Waals surface area contributed by atoms with Crippen LogP contribution in [0.3, 0.4) is 0 Å². The van der Waals surface area contributed by atoms with E-state index in [1.165, 1.54) is 0 Å². The summed E-state index contributed by atoms with van der Waals surface area (Å²) in [5.41, 5.74) is 0. The Bertz CT molecular complexity index is 621. The molecule has 29 heavy (non-hydrogen) atoms. The zero-order valence-electron chi connectivity index (χ0n) is 16.6. The lowest BCUT2D eigenvalue weighted by Crippen LogP contribution is -2.51. The molecule has 1 heterocycles. The predicted molar refractivity (Wildman–Crippen MR) is 106 cm³/mol. The smallest absolute Gasteiger partial charge is 0.299 e. The largest absolute Gasteiger partial charge is 0.392 e. The van der Waals surface area contributed by atoms with E-state index in [0.717, 1.165) is 25.8 Å². The SMILES string of the molecule is O=NC1CCCNC(C2C=CC=CC2)N(OCC2C=CCC(C(F)(F)F)C2)CC1. The van der Waals surface area contributed by atoms with Gasteiger partial charge in [0.15, 0.2) is 0 Å². The number of rotatable bonds is 5. The molecule has 0 aromatic heterocycles. The highest BCUT2D eigenvalue weighted by Crippen LogP contribution is 2.37. The lowest BCUT2D eigenvalue weighted by Gasteiger charge is -2.37. The van der Waals surface area contributed by atoms with E-state index < -0.39 is 12.1 Å². The van der Waals surface area contributed by atoms with Gasteiger partial charge in [-0.1, -0.05) is 41.6 Å². The Morgan fingerprint density at radius 1 is 1.14 bits per heavy atom. The Hall–Kier alpha value is -1.51. The second-order valence-corrected chi connectivity index (χ2v) is 8.14. The van der Waals surface area contributed by atoms with E-state index in [1.54, 1.807) is 6.08 Å². The molecule has 162 valence electrons. The summed E-state index contributed by atoms with van der Waals surface area (Å²) in [6, 6.07) is -0.257. The van der Waals surface area contributed by atoms with Gasteiger partial charge in [0, 0.05) is 18.4 Å².